The summed E-state index contributed by atoms with van der Waals surface area (Å²) in [5.41, 5.74) is 5.72. The van der Waals surface area contributed by atoms with E-state index >= 15 is 0 Å². The molecule has 2 aliphatic heterocycles. The standard InChI is InChI=1S/C24H35N3O/c1-14(2)19(25-24(28)15(3)4)13-27-20-9-7-16(5)11-18(20)23-21-10-8-17(26(21)6)12-22(23)27/h7,9,11,14-15,17,19,21H,8,10,12-13H2,1-6H3,(H,25,28). The first-order valence-corrected chi connectivity index (χ1v) is 10.9. The molecule has 152 valence electrons. The van der Waals surface area contributed by atoms with Crippen molar-refractivity contribution in [1.29, 1.82) is 0 Å². The van der Waals surface area contributed by atoms with Crippen LogP contribution in [0.2, 0.25) is 0 Å². The predicted octanol–water partition coefficient (Wildman–Crippen LogP) is 4.44. The number of amides is 1. The Hall–Kier alpha value is -1.81. The van der Waals surface area contributed by atoms with Gasteiger partial charge in [-0.2, -0.15) is 0 Å². The summed E-state index contributed by atoms with van der Waals surface area (Å²) in [4.78, 5) is 15.0. The van der Waals surface area contributed by atoms with Crippen molar-refractivity contribution in [3.63, 3.8) is 0 Å². The zero-order valence-electron chi connectivity index (χ0n) is 18.2. The summed E-state index contributed by atoms with van der Waals surface area (Å²) in [6, 6.07) is 8.23. The van der Waals surface area contributed by atoms with Crippen LogP contribution in [0.3, 0.4) is 0 Å². The lowest BCUT2D eigenvalue weighted by atomic mass is 9.96. The maximum atomic E-state index is 12.4. The van der Waals surface area contributed by atoms with E-state index in [1.807, 2.05) is 13.8 Å². The first kappa shape index (κ1) is 19.5. The van der Waals surface area contributed by atoms with Gasteiger partial charge in [0.1, 0.15) is 0 Å². The maximum absolute atomic E-state index is 12.4. The average molecular weight is 382 g/mol. The smallest absolute Gasteiger partial charge is 0.222 e. The first-order valence-electron chi connectivity index (χ1n) is 10.9. The van der Waals surface area contributed by atoms with Gasteiger partial charge >= 0.3 is 0 Å². The van der Waals surface area contributed by atoms with Crippen molar-refractivity contribution < 1.29 is 4.79 Å². The second-order valence-corrected chi connectivity index (χ2v) is 9.62. The Balaban J connectivity index is 1.79. The number of nitrogens with zero attached hydrogens (tertiary/aromatic N) is 2. The van der Waals surface area contributed by atoms with Gasteiger partial charge in [0.25, 0.3) is 0 Å². The van der Waals surface area contributed by atoms with Gasteiger partial charge in [-0.05, 0) is 50.4 Å². The first-order chi connectivity index (χ1) is 13.3. The molecule has 3 heterocycles. The summed E-state index contributed by atoms with van der Waals surface area (Å²) in [5.74, 6) is 0.563. The second kappa shape index (κ2) is 7.22. The number of nitrogens with one attached hydrogen (secondary N) is 1. The zero-order valence-corrected chi connectivity index (χ0v) is 18.2. The number of benzene rings is 1. The number of aryl methyl sites for hydroxylation is 1. The Morgan fingerprint density at radius 2 is 1.96 bits per heavy atom. The van der Waals surface area contributed by atoms with Crippen molar-refractivity contribution in [1.82, 2.24) is 14.8 Å². The van der Waals surface area contributed by atoms with Gasteiger partial charge in [-0.3, -0.25) is 9.69 Å². The van der Waals surface area contributed by atoms with Gasteiger partial charge in [0.2, 0.25) is 5.91 Å². The molecule has 0 spiro atoms. The molecule has 4 rings (SSSR count). The molecule has 2 bridgehead atoms. The molecule has 4 nitrogen and oxygen atoms in total. The topological polar surface area (TPSA) is 37.3 Å². The van der Waals surface area contributed by atoms with Crippen LogP contribution < -0.4 is 5.32 Å². The molecule has 1 saturated heterocycles. The molecule has 1 fully saturated rings. The van der Waals surface area contributed by atoms with Crippen molar-refractivity contribution in [2.75, 3.05) is 7.05 Å². The van der Waals surface area contributed by atoms with Crippen LogP contribution in [0.15, 0.2) is 18.2 Å². The Labute approximate surface area is 169 Å². The van der Waals surface area contributed by atoms with Crippen molar-refractivity contribution in [2.45, 2.75) is 78.6 Å². The SMILES string of the molecule is Cc1ccc2c(c1)c1c(n2CC(NC(=O)C(C)C)C(C)C)CC2CCC1N2C. The number of hydrogen-bond acceptors (Lipinski definition) is 2. The summed E-state index contributed by atoms with van der Waals surface area (Å²) >= 11 is 0. The number of fused-ring (bicyclic) bond motifs is 6. The van der Waals surface area contributed by atoms with E-state index in [4.69, 9.17) is 0 Å². The van der Waals surface area contributed by atoms with Crippen LogP contribution in [-0.2, 0) is 17.8 Å². The molecular formula is C24H35N3O. The van der Waals surface area contributed by atoms with Crippen LogP contribution in [0.5, 0.6) is 0 Å². The van der Waals surface area contributed by atoms with Crippen molar-refractivity contribution in [2.24, 2.45) is 11.8 Å². The molecular weight excluding hydrogens is 346 g/mol. The number of carbonyl (C=O) groups is 1. The van der Waals surface area contributed by atoms with Gasteiger partial charge in [-0.15, -0.1) is 0 Å². The highest BCUT2D eigenvalue weighted by atomic mass is 16.1. The molecule has 2 aromatic rings. The molecule has 4 heteroatoms. The van der Waals surface area contributed by atoms with Crippen LogP contribution in [0, 0.1) is 18.8 Å². The van der Waals surface area contributed by atoms with Gasteiger partial charge < -0.3 is 9.88 Å². The third kappa shape index (κ3) is 3.16. The summed E-state index contributed by atoms with van der Waals surface area (Å²) in [6.07, 6.45) is 3.68. The fourth-order valence-corrected chi connectivity index (χ4v) is 5.15. The minimum Gasteiger partial charge on any atom is -0.351 e. The van der Waals surface area contributed by atoms with Crippen LogP contribution in [-0.4, -0.2) is 34.5 Å². The Bertz CT molecular complexity index is 895. The highest BCUT2D eigenvalue weighted by molar-refractivity contribution is 5.87. The molecule has 1 N–H and O–H groups in total. The number of rotatable bonds is 5. The fraction of sp³-hybridized carbons (Fsp3) is 0.625. The van der Waals surface area contributed by atoms with Gasteiger partial charge in [0, 0.05) is 53.6 Å². The molecule has 0 saturated carbocycles. The highest BCUT2D eigenvalue weighted by Gasteiger charge is 2.41. The highest BCUT2D eigenvalue weighted by Crippen LogP contribution is 2.47. The van der Waals surface area contributed by atoms with E-state index in [9.17, 15) is 4.79 Å². The van der Waals surface area contributed by atoms with Crippen LogP contribution in [0.1, 0.15) is 63.4 Å². The quantitative estimate of drug-likeness (QED) is 0.831. The monoisotopic (exact) mass is 381 g/mol. The zero-order chi connectivity index (χ0) is 20.2. The lowest BCUT2D eigenvalue weighted by molar-refractivity contribution is -0.125. The van der Waals surface area contributed by atoms with Crippen molar-refractivity contribution >= 4 is 16.8 Å². The largest absolute Gasteiger partial charge is 0.351 e. The number of carbonyl (C=O) groups excluding carboxylic acids is 1. The summed E-state index contributed by atoms with van der Waals surface area (Å²) in [7, 11) is 2.30. The maximum Gasteiger partial charge on any atom is 0.222 e. The Morgan fingerprint density at radius 3 is 2.64 bits per heavy atom. The van der Waals surface area contributed by atoms with Crippen LogP contribution >= 0.6 is 0 Å². The minimum absolute atomic E-state index is 0.0173. The molecule has 2 aliphatic rings. The normalized spacial score (nSPS) is 22.9. The van der Waals surface area contributed by atoms with Crippen LogP contribution in [0.25, 0.3) is 10.9 Å². The Morgan fingerprint density at radius 1 is 1.21 bits per heavy atom. The second-order valence-electron chi connectivity index (χ2n) is 9.62. The van der Waals surface area contributed by atoms with E-state index in [0.29, 0.717) is 18.0 Å². The van der Waals surface area contributed by atoms with Gasteiger partial charge in [-0.1, -0.05) is 39.3 Å². The molecule has 3 unspecified atom stereocenters. The molecule has 1 aromatic carbocycles. The molecule has 28 heavy (non-hydrogen) atoms. The van der Waals surface area contributed by atoms with E-state index in [1.54, 1.807) is 5.56 Å². The lowest BCUT2D eigenvalue weighted by Gasteiger charge is -2.33. The fourth-order valence-electron chi connectivity index (χ4n) is 5.15. The summed E-state index contributed by atoms with van der Waals surface area (Å²) in [6.45, 7) is 11.4. The average Bonchev–Trinajstić information content (AvgIpc) is 3.04. The molecule has 0 aliphatic carbocycles. The minimum atomic E-state index is 0.0173. The molecule has 1 amide bonds. The molecule has 3 atom stereocenters. The van der Waals surface area contributed by atoms with E-state index in [1.165, 1.54) is 35.0 Å². The number of hydrogen-bond donors (Lipinski definition) is 1. The van der Waals surface area contributed by atoms with Gasteiger partial charge in [0.05, 0.1) is 0 Å². The molecule has 1 aromatic heterocycles. The number of aromatic nitrogens is 1. The van der Waals surface area contributed by atoms with Gasteiger partial charge in [0.15, 0.2) is 0 Å². The van der Waals surface area contributed by atoms with Crippen LogP contribution in [0.4, 0.5) is 0 Å². The van der Waals surface area contributed by atoms with Crippen molar-refractivity contribution in [3.8, 4) is 0 Å². The van der Waals surface area contributed by atoms with E-state index in [2.05, 4.69) is 60.8 Å². The third-order valence-electron chi connectivity index (χ3n) is 7.01. The van der Waals surface area contributed by atoms with Gasteiger partial charge in [-0.25, -0.2) is 0 Å². The predicted molar refractivity (Wildman–Crippen MR) is 116 cm³/mol. The van der Waals surface area contributed by atoms with E-state index in [-0.39, 0.29) is 17.9 Å². The summed E-state index contributed by atoms with van der Waals surface area (Å²) < 4.78 is 2.54. The molecule has 0 radical (unpaired) electrons. The van der Waals surface area contributed by atoms with E-state index < -0.39 is 0 Å². The third-order valence-corrected chi connectivity index (χ3v) is 7.01. The lowest BCUT2D eigenvalue weighted by Crippen LogP contribution is -2.44. The van der Waals surface area contributed by atoms with Crippen molar-refractivity contribution in [3.05, 3.63) is 35.0 Å². The van der Waals surface area contributed by atoms with E-state index in [0.717, 1.165) is 13.0 Å². The summed E-state index contributed by atoms with van der Waals surface area (Å²) in [5, 5.41) is 4.73. The Kier molecular flexibility index (Phi) is 5.03. The number of likely N-dealkylation sites (N-methyl/N-ethyl adjacent to an activating group) is 1.